The topological polar surface area (TPSA) is 87.6 Å². The zero-order valence-electron chi connectivity index (χ0n) is 13.4. The zero-order valence-corrected chi connectivity index (χ0v) is 14.1. The van der Waals surface area contributed by atoms with E-state index in [0.29, 0.717) is 28.2 Å². The lowest BCUT2D eigenvalue weighted by molar-refractivity contribution is 0.0995. The number of hydrogen-bond donors (Lipinski definition) is 1. The summed E-state index contributed by atoms with van der Waals surface area (Å²) in [5.74, 6) is 1.22. The second-order valence-corrected chi connectivity index (χ2v) is 5.58. The molecule has 25 heavy (non-hydrogen) atoms. The van der Waals surface area contributed by atoms with E-state index >= 15 is 0 Å². The van der Waals surface area contributed by atoms with Crippen LogP contribution < -0.4 is 15.2 Å². The van der Waals surface area contributed by atoms with Crippen LogP contribution in [0.15, 0.2) is 53.1 Å². The van der Waals surface area contributed by atoms with Crippen LogP contribution in [-0.4, -0.2) is 18.0 Å². The van der Waals surface area contributed by atoms with Crippen molar-refractivity contribution in [1.29, 1.82) is 0 Å². The lowest BCUT2D eigenvalue weighted by Crippen LogP contribution is -2.13. The average molecular weight is 359 g/mol. The van der Waals surface area contributed by atoms with Gasteiger partial charge in [0.05, 0.1) is 18.9 Å². The Morgan fingerprint density at radius 1 is 1.24 bits per heavy atom. The molecular formula is C18H15ClN2O4. The molecule has 0 unspecified atom stereocenters. The second-order valence-electron chi connectivity index (χ2n) is 5.14. The van der Waals surface area contributed by atoms with Gasteiger partial charge >= 0.3 is 0 Å². The molecule has 3 aromatic rings. The standard InChI is InChI=1S/C18H15ClN2O4/c1-23-13-6-7-14(18(20)22)15(8-13)24-10-17-21-9-16(25-17)11-2-4-12(19)5-3-11/h2-9H,10H2,1H3,(H2,20,22). The minimum atomic E-state index is -0.591. The van der Waals surface area contributed by atoms with Crippen molar-refractivity contribution in [2.45, 2.75) is 6.61 Å². The number of nitrogens with two attached hydrogens (primary N) is 1. The summed E-state index contributed by atoms with van der Waals surface area (Å²) in [6.45, 7) is 0.0427. The van der Waals surface area contributed by atoms with Crippen molar-refractivity contribution in [3.63, 3.8) is 0 Å². The third-order valence-corrected chi connectivity index (χ3v) is 3.74. The lowest BCUT2D eigenvalue weighted by Gasteiger charge is -2.09. The first-order valence-corrected chi connectivity index (χ1v) is 7.76. The molecule has 0 saturated carbocycles. The van der Waals surface area contributed by atoms with Crippen LogP contribution in [0.5, 0.6) is 11.5 Å². The van der Waals surface area contributed by atoms with Gasteiger partial charge in [0.2, 0.25) is 5.89 Å². The molecule has 6 nitrogen and oxygen atoms in total. The van der Waals surface area contributed by atoms with Crippen LogP contribution in [-0.2, 0) is 6.61 Å². The van der Waals surface area contributed by atoms with E-state index in [1.54, 1.807) is 36.5 Å². The first kappa shape index (κ1) is 16.9. The van der Waals surface area contributed by atoms with E-state index in [0.717, 1.165) is 5.56 Å². The van der Waals surface area contributed by atoms with Gasteiger partial charge in [0, 0.05) is 16.7 Å². The van der Waals surface area contributed by atoms with Crippen molar-refractivity contribution in [3.05, 3.63) is 65.1 Å². The monoisotopic (exact) mass is 358 g/mol. The number of halogens is 1. The minimum Gasteiger partial charge on any atom is -0.497 e. The molecule has 0 saturated heterocycles. The largest absolute Gasteiger partial charge is 0.497 e. The van der Waals surface area contributed by atoms with Gasteiger partial charge in [-0.1, -0.05) is 11.6 Å². The highest BCUT2D eigenvalue weighted by atomic mass is 35.5. The average Bonchev–Trinajstić information content (AvgIpc) is 3.09. The molecule has 1 aromatic heterocycles. The Balaban J connectivity index is 1.76. The fraction of sp³-hybridized carbons (Fsp3) is 0.111. The van der Waals surface area contributed by atoms with E-state index in [1.807, 2.05) is 12.1 Å². The molecule has 128 valence electrons. The van der Waals surface area contributed by atoms with Crippen LogP contribution in [0.25, 0.3) is 11.3 Å². The first-order valence-electron chi connectivity index (χ1n) is 7.38. The summed E-state index contributed by atoms with van der Waals surface area (Å²) in [6.07, 6.45) is 1.60. The molecule has 2 aromatic carbocycles. The Hall–Kier alpha value is -2.99. The van der Waals surface area contributed by atoms with E-state index in [1.165, 1.54) is 7.11 Å². The molecule has 0 aliphatic rings. The number of primary amides is 1. The number of nitrogens with zero attached hydrogens (tertiary/aromatic N) is 1. The summed E-state index contributed by atoms with van der Waals surface area (Å²) in [7, 11) is 1.52. The van der Waals surface area contributed by atoms with E-state index in [9.17, 15) is 4.79 Å². The van der Waals surface area contributed by atoms with Crippen LogP contribution in [0.4, 0.5) is 0 Å². The van der Waals surface area contributed by atoms with Crippen molar-refractivity contribution in [2.75, 3.05) is 7.11 Å². The Kier molecular flexibility index (Phi) is 4.90. The number of hydrogen-bond acceptors (Lipinski definition) is 5. The number of amides is 1. The molecule has 0 atom stereocenters. The van der Waals surface area contributed by atoms with Gasteiger partial charge in [-0.05, 0) is 36.4 Å². The molecule has 7 heteroatoms. The second kappa shape index (κ2) is 7.27. The van der Waals surface area contributed by atoms with E-state index in [-0.39, 0.29) is 12.2 Å². The number of carbonyl (C=O) groups excluding carboxylic acids is 1. The van der Waals surface area contributed by atoms with Crippen LogP contribution in [0.1, 0.15) is 16.2 Å². The van der Waals surface area contributed by atoms with Crippen molar-refractivity contribution >= 4 is 17.5 Å². The molecule has 0 aliphatic heterocycles. The minimum absolute atomic E-state index is 0.0427. The van der Waals surface area contributed by atoms with Crippen molar-refractivity contribution in [1.82, 2.24) is 4.98 Å². The predicted molar refractivity (Wildman–Crippen MR) is 92.8 cm³/mol. The fourth-order valence-corrected chi connectivity index (χ4v) is 2.34. The van der Waals surface area contributed by atoms with E-state index in [2.05, 4.69) is 4.98 Å². The number of carbonyl (C=O) groups is 1. The van der Waals surface area contributed by atoms with Crippen molar-refractivity contribution < 1.29 is 18.7 Å². The summed E-state index contributed by atoms with van der Waals surface area (Å²) < 4.78 is 16.4. The number of aromatic nitrogens is 1. The summed E-state index contributed by atoms with van der Waals surface area (Å²) in [5.41, 5.74) is 6.46. The van der Waals surface area contributed by atoms with Crippen molar-refractivity contribution in [2.24, 2.45) is 5.73 Å². The lowest BCUT2D eigenvalue weighted by atomic mass is 10.2. The Labute approximate surface area is 149 Å². The molecule has 3 rings (SSSR count). The van der Waals surface area contributed by atoms with Gasteiger partial charge in [0.1, 0.15) is 11.5 Å². The molecule has 2 N–H and O–H groups in total. The third kappa shape index (κ3) is 3.92. The van der Waals surface area contributed by atoms with Crippen LogP contribution in [0.2, 0.25) is 5.02 Å². The van der Waals surface area contributed by atoms with E-state index in [4.69, 9.17) is 31.2 Å². The highest BCUT2D eigenvalue weighted by Crippen LogP contribution is 2.26. The maximum Gasteiger partial charge on any atom is 0.252 e. The first-order chi connectivity index (χ1) is 12.1. The van der Waals surface area contributed by atoms with Crippen molar-refractivity contribution in [3.8, 4) is 22.8 Å². The third-order valence-electron chi connectivity index (χ3n) is 3.49. The normalized spacial score (nSPS) is 10.5. The zero-order chi connectivity index (χ0) is 17.8. The molecule has 0 aliphatic carbocycles. The Morgan fingerprint density at radius 3 is 2.68 bits per heavy atom. The maximum absolute atomic E-state index is 11.5. The number of benzene rings is 2. The fourth-order valence-electron chi connectivity index (χ4n) is 2.22. The highest BCUT2D eigenvalue weighted by Gasteiger charge is 2.13. The number of rotatable bonds is 6. The van der Waals surface area contributed by atoms with Crippen LogP contribution in [0, 0.1) is 0 Å². The van der Waals surface area contributed by atoms with Gasteiger partial charge in [-0.3, -0.25) is 4.79 Å². The van der Waals surface area contributed by atoms with Gasteiger partial charge in [-0.2, -0.15) is 0 Å². The highest BCUT2D eigenvalue weighted by molar-refractivity contribution is 6.30. The molecule has 0 bridgehead atoms. The number of methoxy groups -OCH3 is 1. The van der Waals surface area contributed by atoms with Gasteiger partial charge in [-0.25, -0.2) is 4.98 Å². The summed E-state index contributed by atoms with van der Waals surface area (Å²) in [5, 5.41) is 0.642. The maximum atomic E-state index is 11.5. The molecular weight excluding hydrogens is 344 g/mol. The summed E-state index contributed by atoms with van der Waals surface area (Å²) in [6, 6.07) is 12.0. The summed E-state index contributed by atoms with van der Waals surface area (Å²) >= 11 is 5.87. The van der Waals surface area contributed by atoms with Crippen LogP contribution >= 0.6 is 11.6 Å². The van der Waals surface area contributed by atoms with Gasteiger partial charge in [0.25, 0.3) is 5.91 Å². The molecule has 0 spiro atoms. The predicted octanol–water partition coefficient (Wildman–Crippen LogP) is 3.68. The number of oxazole rings is 1. The summed E-state index contributed by atoms with van der Waals surface area (Å²) in [4.78, 5) is 15.7. The SMILES string of the molecule is COc1ccc(C(N)=O)c(OCc2ncc(-c3ccc(Cl)cc3)o2)c1. The molecule has 1 amide bonds. The van der Waals surface area contributed by atoms with Gasteiger partial charge in [-0.15, -0.1) is 0 Å². The quantitative estimate of drug-likeness (QED) is 0.726. The van der Waals surface area contributed by atoms with Gasteiger partial charge < -0.3 is 19.6 Å². The molecule has 1 heterocycles. The van der Waals surface area contributed by atoms with E-state index < -0.39 is 5.91 Å². The number of ether oxygens (including phenoxy) is 2. The Bertz CT molecular complexity index is 890. The smallest absolute Gasteiger partial charge is 0.252 e. The van der Waals surface area contributed by atoms with Crippen LogP contribution in [0.3, 0.4) is 0 Å². The van der Waals surface area contributed by atoms with Gasteiger partial charge in [0.15, 0.2) is 12.4 Å². The molecule has 0 fully saturated rings. The molecule has 0 radical (unpaired) electrons. The Morgan fingerprint density at radius 2 is 2.00 bits per heavy atom.